The van der Waals surface area contributed by atoms with Gasteiger partial charge in [-0.25, -0.2) is 9.97 Å². The Bertz CT molecular complexity index is 765. The molecule has 144 valence electrons. The minimum Gasteiger partial charge on any atom is -0.383 e. The molecule has 1 aromatic carbocycles. The van der Waals surface area contributed by atoms with Crippen molar-refractivity contribution < 1.29 is 9.53 Å². The van der Waals surface area contributed by atoms with Gasteiger partial charge in [0.05, 0.1) is 19.2 Å². The summed E-state index contributed by atoms with van der Waals surface area (Å²) in [6.45, 7) is 2.20. The summed E-state index contributed by atoms with van der Waals surface area (Å²) < 4.78 is 5.31. The number of rotatable bonds is 7. The Labute approximate surface area is 160 Å². The lowest BCUT2D eigenvalue weighted by Gasteiger charge is -2.23. The van der Waals surface area contributed by atoms with Gasteiger partial charge >= 0.3 is 0 Å². The molecule has 0 aliphatic carbocycles. The molecule has 1 saturated heterocycles. The summed E-state index contributed by atoms with van der Waals surface area (Å²) in [4.78, 5) is 24.7. The topological polar surface area (TPSA) is 84.6 Å². The van der Waals surface area contributed by atoms with Gasteiger partial charge in [-0.05, 0) is 30.0 Å². The third-order valence-electron chi connectivity index (χ3n) is 4.91. The van der Waals surface area contributed by atoms with Crippen molar-refractivity contribution in [2.45, 2.75) is 25.4 Å². The molecule has 1 unspecified atom stereocenters. The molecule has 3 rings (SSSR count). The Morgan fingerprint density at radius 1 is 1.33 bits per heavy atom. The zero-order valence-electron chi connectivity index (χ0n) is 16.0. The Morgan fingerprint density at radius 3 is 2.81 bits per heavy atom. The van der Waals surface area contributed by atoms with Crippen molar-refractivity contribution in [1.29, 1.82) is 0 Å². The number of nitrogens with two attached hydrogens (primary N) is 1. The van der Waals surface area contributed by atoms with Crippen molar-refractivity contribution in [3.05, 3.63) is 42.2 Å². The van der Waals surface area contributed by atoms with E-state index in [4.69, 9.17) is 10.5 Å². The Balaban J connectivity index is 1.73. The lowest BCUT2D eigenvalue weighted by Crippen LogP contribution is -2.34. The molecule has 1 aromatic heterocycles. The van der Waals surface area contributed by atoms with Gasteiger partial charge in [-0.1, -0.05) is 18.2 Å². The maximum Gasteiger partial charge on any atom is 0.236 e. The quantitative estimate of drug-likeness (QED) is 0.799. The second-order valence-electron chi connectivity index (χ2n) is 6.87. The molecule has 7 nitrogen and oxygen atoms in total. The number of amides is 1. The summed E-state index contributed by atoms with van der Waals surface area (Å²) in [5, 5.41) is 0. The largest absolute Gasteiger partial charge is 0.383 e. The Hall–Kier alpha value is -2.51. The second kappa shape index (κ2) is 8.92. The van der Waals surface area contributed by atoms with E-state index in [9.17, 15) is 4.79 Å². The molecule has 27 heavy (non-hydrogen) atoms. The number of carbonyl (C=O) groups excluding carboxylic acids is 1. The molecule has 1 fully saturated rings. The minimum absolute atomic E-state index is 0.0199. The van der Waals surface area contributed by atoms with Crippen molar-refractivity contribution in [2.75, 3.05) is 38.8 Å². The lowest BCUT2D eigenvalue weighted by molar-refractivity contribution is -0.128. The van der Waals surface area contributed by atoms with Gasteiger partial charge in [0.2, 0.25) is 11.9 Å². The van der Waals surface area contributed by atoms with Crippen LogP contribution in [0.2, 0.25) is 0 Å². The highest BCUT2D eigenvalue weighted by molar-refractivity contribution is 5.77. The molecule has 0 bridgehead atoms. The van der Waals surface area contributed by atoms with Gasteiger partial charge in [-0.3, -0.25) is 4.79 Å². The first-order valence-electron chi connectivity index (χ1n) is 9.23. The number of hydrogen-bond donors (Lipinski definition) is 1. The van der Waals surface area contributed by atoms with Crippen molar-refractivity contribution in [2.24, 2.45) is 5.73 Å². The summed E-state index contributed by atoms with van der Waals surface area (Å²) in [6, 6.07) is 8.41. The van der Waals surface area contributed by atoms with Crippen molar-refractivity contribution in [1.82, 2.24) is 14.9 Å². The van der Waals surface area contributed by atoms with Gasteiger partial charge < -0.3 is 20.3 Å². The van der Waals surface area contributed by atoms with E-state index in [1.54, 1.807) is 19.1 Å². The SMILES string of the molecule is COCC1CCCN1c1ncc(-c2cccc(CN(C)C(=O)CN)c2)cn1. The molecule has 0 saturated carbocycles. The monoisotopic (exact) mass is 369 g/mol. The smallest absolute Gasteiger partial charge is 0.236 e. The average molecular weight is 369 g/mol. The fraction of sp³-hybridized carbons (Fsp3) is 0.450. The number of likely N-dealkylation sites (N-methyl/N-ethyl adjacent to an activating group) is 1. The number of carbonyl (C=O) groups is 1. The van der Waals surface area contributed by atoms with Gasteiger partial charge in [0, 0.05) is 45.2 Å². The highest BCUT2D eigenvalue weighted by Gasteiger charge is 2.26. The van der Waals surface area contributed by atoms with Crippen LogP contribution in [0, 0.1) is 0 Å². The predicted octanol–water partition coefficient (Wildman–Crippen LogP) is 1.68. The summed E-state index contributed by atoms with van der Waals surface area (Å²) in [5.41, 5.74) is 8.45. The molecule has 1 aliphatic rings. The number of ether oxygens (including phenoxy) is 1. The fourth-order valence-corrected chi connectivity index (χ4v) is 3.45. The highest BCUT2D eigenvalue weighted by atomic mass is 16.5. The molecule has 1 atom stereocenters. The molecule has 1 amide bonds. The van der Waals surface area contributed by atoms with E-state index in [0.29, 0.717) is 19.2 Å². The van der Waals surface area contributed by atoms with Crippen molar-refractivity contribution in [3.63, 3.8) is 0 Å². The third kappa shape index (κ3) is 4.61. The van der Waals surface area contributed by atoms with Crippen LogP contribution in [0.3, 0.4) is 0 Å². The number of benzene rings is 1. The molecule has 2 N–H and O–H groups in total. The summed E-state index contributed by atoms with van der Waals surface area (Å²) in [5.74, 6) is 0.673. The lowest BCUT2D eigenvalue weighted by atomic mass is 10.1. The summed E-state index contributed by atoms with van der Waals surface area (Å²) in [7, 11) is 3.48. The van der Waals surface area contributed by atoms with E-state index < -0.39 is 0 Å². The minimum atomic E-state index is -0.0793. The van der Waals surface area contributed by atoms with Crippen molar-refractivity contribution in [3.8, 4) is 11.1 Å². The molecule has 2 heterocycles. The van der Waals surface area contributed by atoms with Gasteiger partial charge in [0.15, 0.2) is 0 Å². The first kappa shape index (κ1) is 19.3. The van der Waals surface area contributed by atoms with E-state index >= 15 is 0 Å². The van der Waals surface area contributed by atoms with E-state index in [-0.39, 0.29) is 12.5 Å². The van der Waals surface area contributed by atoms with Gasteiger partial charge in [-0.15, -0.1) is 0 Å². The molecular weight excluding hydrogens is 342 g/mol. The van der Waals surface area contributed by atoms with Crippen LogP contribution in [0.25, 0.3) is 11.1 Å². The summed E-state index contributed by atoms with van der Waals surface area (Å²) in [6.07, 6.45) is 5.96. The van der Waals surface area contributed by atoms with Crippen molar-refractivity contribution >= 4 is 11.9 Å². The van der Waals surface area contributed by atoms with Crippen LogP contribution in [-0.2, 0) is 16.1 Å². The standard InChI is InChI=1S/C20H27N5O2/c1-24(19(26)10-21)13-15-5-3-6-16(9-15)17-11-22-20(23-12-17)25-8-4-7-18(25)14-27-2/h3,5-6,9,11-12,18H,4,7-8,10,13-14,21H2,1-2H3. The van der Waals surface area contributed by atoms with Crippen LogP contribution < -0.4 is 10.6 Å². The normalized spacial score (nSPS) is 16.6. The van der Waals surface area contributed by atoms with Crippen LogP contribution in [0.5, 0.6) is 0 Å². The molecule has 7 heteroatoms. The Kier molecular flexibility index (Phi) is 6.36. The molecular formula is C20H27N5O2. The van der Waals surface area contributed by atoms with E-state index in [1.807, 2.05) is 30.6 Å². The average Bonchev–Trinajstić information content (AvgIpc) is 3.16. The van der Waals surface area contributed by atoms with E-state index in [1.165, 1.54) is 0 Å². The first-order valence-corrected chi connectivity index (χ1v) is 9.23. The number of hydrogen-bond acceptors (Lipinski definition) is 6. The maximum atomic E-state index is 11.7. The number of anilines is 1. The number of methoxy groups -OCH3 is 1. The van der Waals surface area contributed by atoms with E-state index in [0.717, 1.165) is 42.0 Å². The number of nitrogens with zero attached hydrogens (tertiary/aromatic N) is 4. The molecule has 1 aliphatic heterocycles. The molecule has 0 spiro atoms. The molecule has 0 radical (unpaired) electrons. The molecule has 2 aromatic rings. The second-order valence-corrected chi connectivity index (χ2v) is 6.87. The van der Waals surface area contributed by atoms with Gasteiger partial charge in [0.25, 0.3) is 0 Å². The van der Waals surface area contributed by atoms with Crippen LogP contribution in [0.1, 0.15) is 18.4 Å². The zero-order chi connectivity index (χ0) is 19.2. The predicted molar refractivity (Wildman–Crippen MR) is 105 cm³/mol. The Morgan fingerprint density at radius 2 is 2.11 bits per heavy atom. The fourth-order valence-electron chi connectivity index (χ4n) is 3.45. The maximum absolute atomic E-state index is 11.7. The number of aromatic nitrogens is 2. The van der Waals surface area contributed by atoms with Gasteiger partial charge in [0.1, 0.15) is 0 Å². The third-order valence-corrected chi connectivity index (χ3v) is 4.91. The highest BCUT2D eigenvalue weighted by Crippen LogP contribution is 2.25. The van der Waals surface area contributed by atoms with Crippen LogP contribution in [0.15, 0.2) is 36.7 Å². The van der Waals surface area contributed by atoms with Crippen LogP contribution >= 0.6 is 0 Å². The van der Waals surface area contributed by atoms with E-state index in [2.05, 4.69) is 20.9 Å². The van der Waals surface area contributed by atoms with Crippen LogP contribution in [0.4, 0.5) is 5.95 Å². The van der Waals surface area contributed by atoms with Gasteiger partial charge in [-0.2, -0.15) is 0 Å². The summed E-state index contributed by atoms with van der Waals surface area (Å²) >= 11 is 0. The zero-order valence-corrected chi connectivity index (χ0v) is 16.0. The van der Waals surface area contributed by atoms with Crippen LogP contribution in [-0.4, -0.2) is 60.7 Å². The first-order chi connectivity index (χ1) is 13.1.